The van der Waals surface area contributed by atoms with Crippen molar-refractivity contribution in [1.82, 2.24) is 20.1 Å². The number of aryl methyl sites for hydroxylation is 1. The van der Waals surface area contributed by atoms with E-state index < -0.39 is 6.43 Å². The summed E-state index contributed by atoms with van der Waals surface area (Å²) in [5.74, 6) is 0.444. The Morgan fingerprint density at radius 2 is 2.15 bits per heavy atom. The molecule has 0 aliphatic carbocycles. The van der Waals surface area contributed by atoms with E-state index in [4.69, 9.17) is 4.42 Å². The van der Waals surface area contributed by atoms with Crippen LogP contribution >= 0.6 is 0 Å². The summed E-state index contributed by atoms with van der Waals surface area (Å²) in [5.41, 5.74) is 0.756. The van der Waals surface area contributed by atoms with Crippen LogP contribution in [0.4, 0.5) is 8.78 Å². The van der Waals surface area contributed by atoms with E-state index >= 15 is 0 Å². The highest BCUT2D eigenvalue weighted by atomic mass is 19.3. The molecule has 26 heavy (non-hydrogen) atoms. The molecular formula is C18H20F2N4O2. The lowest BCUT2D eigenvalue weighted by molar-refractivity contribution is -0.121. The molecule has 0 bridgehead atoms. The summed E-state index contributed by atoms with van der Waals surface area (Å²) < 4.78 is 33.8. The number of halogens is 2. The molecule has 3 heterocycles. The number of carbonyl (C=O) groups excluding carboxylic acids is 1. The van der Waals surface area contributed by atoms with E-state index in [0.29, 0.717) is 23.9 Å². The molecule has 3 aromatic rings. The lowest BCUT2D eigenvalue weighted by atomic mass is 10.1. The number of hydrogen-bond acceptors (Lipinski definition) is 4. The molecular weight excluding hydrogens is 342 g/mol. The number of alkyl halides is 2. The molecule has 0 spiro atoms. The van der Waals surface area contributed by atoms with E-state index in [9.17, 15) is 13.6 Å². The minimum absolute atomic E-state index is 0.0889. The molecule has 0 radical (unpaired) electrons. The molecule has 6 nitrogen and oxygen atoms in total. The standard InChI is InChI=1S/C18H20F2N4O2/c1-10(2)8-21-15(25)9-24-18-16(11(3)23-24)12(17(19)20)7-13(22-18)14-5-4-6-26-14/h4-7,10,17H,8-9H2,1-3H3,(H,21,25). The Morgan fingerprint density at radius 3 is 2.77 bits per heavy atom. The fourth-order valence-electron chi connectivity index (χ4n) is 2.73. The first-order valence-corrected chi connectivity index (χ1v) is 8.33. The minimum atomic E-state index is -2.69. The zero-order valence-corrected chi connectivity index (χ0v) is 14.8. The number of nitrogens with one attached hydrogen (secondary N) is 1. The molecule has 0 fully saturated rings. The summed E-state index contributed by atoms with van der Waals surface area (Å²) in [5, 5.41) is 7.31. The fraction of sp³-hybridized carbons (Fsp3) is 0.389. The monoisotopic (exact) mass is 362 g/mol. The summed E-state index contributed by atoms with van der Waals surface area (Å²) in [6.45, 7) is 6.05. The third-order valence-corrected chi connectivity index (χ3v) is 3.92. The molecule has 0 saturated carbocycles. The molecule has 0 aliphatic rings. The number of aromatic nitrogens is 3. The van der Waals surface area contributed by atoms with Gasteiger partial charge in [0.15, 0.2) is 11.4 Å². The molecule has 0 unspecified atom stereocenters. The zero-order valence-electron chi connectivity index (χ0n) is 14.8. The first-order chi connectivity index (χ1) is 12.4. The molecule has 0 saturated heterocycles. The number of amides is 1. The van der Waals surface area contributed by atoms with Gasteiger partial charge in [-0.1, -0.05) is 13.8 Å². The topological polar surface area (TPSA) is 73.0 Å². The average molecular weight is 362 g/mol. The van der Waals surface area contributed by atoms with Gasteiger partial charge in [-0.25, -0.2) is 18.4 Å². The van der Waals surface area contributed by atoms with Crippen LogP contribution in [0, 0.1) is 12.8 Å². The molecule has 0 atom stereocenters. The fourth-order valence-corrected chi connectivity index (χ4v) is 2.73. The van der Waals surface area contributed by atoms with Gasteiger partial charge in [0.2, 0.25) is 5.91 Å². The highest BCUT2D eigenvalue weighted by molar-refractivity contribution is 5.86. The Bertz CT molecular complexity index is 917. The normalized spacial score (nSPS) is 11.7. The molecule has 3 aromatic heterocycles. The molecule has 0 aliphatic heterocycles. The van der Waals surface area contributed by atoms with E-state index in [1.165, 1.54) is 17.0 Å². The summed E-state index contributed by atoms with van der Waals surface area (Å²) in [6, 6.07) is 4.61. The van der Waals surface area contributed by atoms with Crippen molar-refractivity contribution >= 4 is 16.9 Å². The van der Waals surface area contributed by atoms with Crippen LogP contribution in [0.3, 0.4) is 0 Å². The number of rotatable bonds is 6. The maximum atomic E-state index is 13.6. The summed E-state index contributed by atoms with van der Waals surface area (Å²) >= 11 is 0. The van der Waals surface area contributed by atoms with Gasteiger partial charge in [0.1, 0.15) is 12.2 Å². The van der Waals surface area contributed by atoms with Crippen LogP contribution in [0.25, 0.3) is 22.5 Å². The van der Waals surface area contributed by atoms with Gasteiger partial charge in [-0.3, -0.25) is 4.79 Å². The number of nitrogens with zero attached hydrogens (tertiary/aromatic N) is 3. The Morgan fingerprint density at radius 1 is 1.38 bits per heavy atom. The lowest BCUT2D eigenvalue weighted by Crippen LogP contribution is -2.31. The van der Waals surface area contributed by atoms with Crippen LogP contribution in [-0.4, -0.2) is 27.2 Å². The first-order valence-electron chi connectivity index (χ1n) is 8.33. The number of hydrogen-bond donors (Lipinski definition) is 1. The van der Waals surface area contributed by atoms with Gasteiger partial charge in [-0.15, -0.1) is 0 Å². The van der Waals surface area contributed by atoms with Crippen molar-refractivity contribution in [1.29, 1.82) is 0 Å². The Labute approximate surface area is 149 Å². The number of carbonyl (C=O) groups is 1. The first kappa shape index (κ1) is 18.0. The minimum Gasteiger partial charge on any atom is -0.463 e. The van der Waals surface area contributed by atoms with E-state index in [2.05, 4.69) is 15.4 Å². The van der Waals surface area contributed by atoms with Gasteiger partial charge in [-0.2, -0.15) is 5.10 Å². The van der Waals surface area contributed by atoms with E-state index in [0.717, 1.165) is 0 Å². The predicted octanol–water partition coefficient (Wildman–Crippen LogP) is 3.71. The third kappa shape index (κ3) is 3.58. The largest absolute Gasteiger partial charge is 0.463 e. The second-order valence-corrected chi connectivity index (χ2v) is 6.51. The van der Waals surface area contributed by atoms with Crippen LogP contribution < -0.4 is 5.32 Å². The number of fused-ring (bicyclic) bond motifs is 1. The Kier molecular flexibility index (Phi) is 5.01. The van der Waals surface area contributed by atoms with Gasteiger partial charge in [0.05, 0.1) is 17.3 Å². The number of furan rings is 1. The molecule has 0 aromatic carbocycles. The Hall–Kier alpha value is -2.77. The van der Waals surface area contributed by atoms with Crippen LogP contribution in [0.2, 0.25) is 0 Å². The Balaban J connectivity index is 2.06. The second kappa shape index (κ2) is 7.23. The highest BCUT2D eigenvalue weighted by Crippen LogP contribution is 2.33. The van der Waals surface area contributed by atoms with Gasteiger partial charge in [-0.05, 0) is 31.0 Å². The second-order valence-electron chi connectivity index (χ2n) is 6.51. The van der Waals surface area contributed by atoms with E-state index in [1.54, 1.807) is 19.1 Å². The lowest BCUT2D eigenvalue weighted by Gasteiger charge is -2.09. The van der Waals surface area contributed by atoms with Crippen LogP contribution in [0.5, 0.6) is 0 Å². The molecule has 8 heteroatoms. The van der Waals surface area contributed by atoms with Crippen molar-refractivity contribution in [3.05, 3.63) is 35.7 Å². The molecule has 3 rings (SSSR count). The van der Waals surface area contributed by atoms with Crippen molar-refractivity contribution < 1.29 is 18.0 Å². The SMILES string of the molecule is Cc1nn(CC(=O)NCC(C)C)c2nc(-c3ccco3)cc(C(F)F)c12. The average Bonchev–Trinajstić information content (AvgIpc) is 3.21. The summed E-state index contributed by atoms with van der Waals surface area (Å²) in [4.78, 5) is 16.6. The van der Waals surface area contributed by atoms with E-state index in [-0.39, 0.29) is 34.7 Å². The highest BCUT2D eigenvalue weighted by Gasteiger charge is 2.22. The quantitative estimate of drug-likeness (QED) is 0.725. The van der Waals surface area contributed by atoms with Crippen molar-refractivity contribution in [2.24, 2.45) is 5.92 Å². The summed E-state index contributed by atoms with van der Waals surface area (Å²) in [6.07, 6.45) is -1.24. The maximum absolute atomic E-state index is 13.6. The molecule has 138 valence electrons. The molecule has 1 N–H and O–H groups in total. The maximum Gasteiger partial charge on any atom is 0.264 e. The van der Waals surface area contributed by atoms with Gasteiger partial charge >= 0.3 is 0 Å². The third-order valence-electron chi connectivity index (χ3n) is 3.92. The summed E-state index contributed by atoms with van der Waals surface area (Å²) in [7, 11) is 0. The van der Waals surface area contributed by atoms with Crippen molar-refractivity contribution in [3.8, 4) is 11.5 Å². The number of pyridine rings is 1. The van der Waals surface area contributed by atoms with Crippen molar-refractivity contribution in [2.45, 2.75) is 33.7 Å². The zero-order chi connectivity index (χ0) is 18.8. The van der Waals surface area contributed by atoms with Crippen LogP contribution in [0.15, 0.2) is 28.9 Å². The van der Waals surface area contributed by atoms with Crippen LogP contribution in [-0.2, 0) is 11.3 Å². The predicted molar refractivity (Wildman–Crippen MR) is 92.8 cm³/mol. The van der Waals surface area contributed by atoms with Gasteiger partial charge in [0.25, 0.3) is 6.43 Å². The van der Waals surface area contributed by atoms with Gasteiger partial charge in [0, 0.05) is 12.1 Å². The van der Waals surface area contributed by atoms with E-state index in [1.807, 2.05) is 13.8 Å². The van der Waals surface area contributed by atoms with Gasteiger partial charge < -0.3 is 9.73 Å². The van der Waals surface area contributed by atoms with Crippen LogP contribution in [0.1, 0.15) is 31.5 Å². The van der Waals surface area contributed by atoms with Crippen molar-refractivity contribution in [3.63, 3.8) is 0 Å². The van der Waals surface area contributed by atoms with Crippen molar-refractivity contribution in [2.75, 3.05) is 6.54 Å². The smallest absolute Gasteiger partial charge is 0.264 e. The molecule has 1 amide bonds.